The summed E-state index contributed by atoms with van der Waals surface area (Å²) in [7, 11) is -3.83. The zero-order valence-electron chi connectivity index (χ0n) is 11.2. The molecule has 1 aromatic heterocycles. The number of nitrogens with zero attached hydrogens (tertiary/aromatic N) is 1. The van der Waals surface area contributed by atoms with Crippen molar-refractivity contribution in [3.05, 3.63) is 41.6 Å². The van der Waals surface area contributed by atoms with Gasteiger partial charge in [0.2, 0.25) is 5.88 Å². The first-order valence-electron chi connectivity index (χ1n) is 6.09. The van der Waals surface area contributed by atoms with Gasteiger partial charge in [-0.3, -0.25) is 4.72 Å². The molecular weight excluding hydrogens is 314 g/mol. The van der Waals surface area contributed by atoms with Gasteiger partial charge in [-0.1, -0.05) is 11.6 Å². The highest BCUT2D eigenvalue weighted by Crippen LogP contribution is 2.25. The molecule has 0 saturated heterocycles. The zero-order chi connectivity index (χ0) is 15.5. The number of pyridine rings is 1. The van der Waals surface area contributed by atoms with Gasteiger partial charge in [-0.2, -0.15) is 0 Å². The predicted molar refractivity (Wildman–Crippen MR) is 82.1 cm³/mol. The summed E-state index contributed by atoms with van der Waals surface area (Å²) in [4.78, 5) is 3.90. The van der Waals surface area contributed by atoms with E-state index in [4.69, 9.17) is 22.1 Å². The molecule has 3 N–H and O–H groups in total. The lowest BCUT2D eigenvalue weighted by Gasteiger charge is -2.10. The third kappa shape index (κ3) is 3.77. The number of sulfonamides is 1. The largest absolute Gasteiger partial charge is 0.478 e. The van der Waals surface area contributed by atoms with Crippen molar-refractivity contribution in [2.24, 2.45) is 0 Å². The number of ether oxygens (including phenoxy) is 1. The average Bonchev–Trinajstić information content (AvgIpc) is 2.43. The molecule has 0 fully saturated rings. The van der Waals surface area contributed by atoms with Gasteiger partial charge >= 0.3 is 0 Å². The molecule has 0 radical (unpaired) electrons. The van der Waals surface area contributed by atoms with Crippen molar-refractivity contribution in [3.63, 3.8) is 0 Å². The van der Waals surface area contributed by atoms with E-state index in [2.05, 4.69) is 9.71 Å². The Morgan fingerprint density at radius 1 is 1.33 bits per heavy atom. The second-order valence-corrected chi connectivity index (χ2v) is 6.19. The van der Waals surface area contributed by atoms with Crippen molar-refractivity contribution in [1.29, 1.82) is 0 Å². The lowest BCUT2D eigenvalue weighted by atomic mass is 10.3. The van der Waals surface area contributed by atoms with Crippen LogP contribution in [0.4, 0.5) is 11.4 Å². The Hall–Kier alpha value is -1.99. The molecule has 2 aromatic rings. The van der Waals surface area contributed by atoms with Gasteiger partial charge in [0.1, 0.15) is 4.90 Å². The molecule has 6 nitrogen and oxygen atoms in total. The minimum atomic E-state index is -3.83. The third-order valence-corrected chi connectivity index (χ3v) is 4.22. The summed E-state index contributed by atoms with van der Waals surface area (Å²) in [6.07, 6.45) is 1.36. The highest BCUT2D eigenvalue weighted by atomic mass is 35.5. The fraction of sp³-hybridized carbons (Fsp3) is 0.154. The Morgan fingerprint density at radius 3 is 2.71 bits per heavy atom. The number of nitrogens with one attached hydrogen (secondary N) is 1. The van der Waals surface area contributed by atoms with Crippen LogP contribution in [0, 0.1) is 0 Å². The number of aromatic nitrogens is 1. The number of benzene rings is 1. The SMILES string of the molecule is CCOc1ccc(NS(=O)(=O)c2cc(Cl)ccc2N)cn1. The zero-order valence-corrected chi connectivity index (χ0v) is 12.8. The van der Waals surface area contributed by atoms with Crippen LogP contribution in [0.5, 0.6) is 5.88 Å². The number of nitrogen functional groups attached to an aromatic ring is 1. The smallest absolute Gasteiger partial charge is 0.264 e. The van der Waals surface area contributed by atoms with E-state index in [-0.39, 0.29) is 15.6 Å². The standard InChI is InChI=1S/C13H14ClN3O3S/c1-2-20-13-6-4-10(8-16-13)17-21(18,19)12-7-9(14)3-5-11(12)15/h3-8,17H,2,15H2,1H3. The minimum absolute atomic E-state index is 0.0797. The molecule has 8 heteroatoms. The van der Waals surface area contributed by atoms with Crippen LogP contribution in [-0.2, 0) is 10.0 Å². The monoisotopic (exact) mass is 327 g/mol. The van der Waals surface area contributed by atoms with Crippen molar-refractivity contribution in [1.82, 2.24) is 4.98 Å². The average molecular weight is 328 g/mol. The molecule has 0 spiro atoms. The summed E-state index contributed by atoms with van der Waals surface area (Å²) in [5.41, 5.74) is 6.10. The Morgan fingerprint density at radius 2 is 2.10 bits per heavy atom. The lowest BCUT2D eigenvalue weighted by molar-refractivity contribution is 0.327. The third-order valence-electron chi connectivity index (χ3n) is 2.55. The molecule has 0 saturated carbocycles. The first-order valence-corrected chi connectivity index (χ1v) is 7.95. The molecule has 1 aromatic carbocycles. The molecule has 0 atom stereocenters. The van der Waals surface area contributed by atoms with E-state index >= 15 is 0 Å². The van der Waals surface area contributed by atoms with Crippen molar-refractivity contribution in [2.75, 3.05) is 17.1 Å². The Kier molecular flexibility index (Phi) is 4.54. The highest BCUT2D eigenvalue weighted by Gasteiger charge is 2.18. The highest BCUT2D eigenvalue weighted by molar-refractivity contribution is 7.92. The van der Waals surface area contributed by atoms with Gasteiger partial charge in [-0.25, -0.2) is 13.4 Å². The normalized spacial score (nSPS) is 11.1. The predicted octanol–water partition coefficient (Wildman–Crippen LogP) is 2.52. The molecule has 0 amide bonds. The van der Waals surface area contributed by atoms with Crippen LogP contribution in [0.3, 0.4) is 0 Å². The topological polar surface area (TPSA) is 94.3 Å². The molecule has 0 bridgehead atoms. The second-order valence-electron chi connectivity index (χ2n) is 4.11. The van der Waals surface area contributed by atoms with Crippen LogP contribution in [0.2, 0.25) is 5.02 Å². The molecule has 112 valence electrons. The maximum Gasteiger partial charge on any atom is 0.264 e. The summed E-state index contributed by atoms with van der Waals surface area (Å²) in [5, 5.41) is 0.286. The molecule has 0 unspecified atom stereocenters. The number of nitrogens with two attached hydrogens (primary N) is 1. The molecular formula is C13H14ClN3O3S. The molecule has 0 aliphatic heterocycles. The second kappa shape index (κ2) is 6.19. The minimum Gasteiger partial charge on any atom is -0.478 e. The van der Waals surface area contributed by atoms with E-state index in [1.54, 1.807) is 12.1 Å². The van der Waals surface area contributed by atoms with Gasteiger partial charge < -0.3 is 10.5 Å². The Balaban J connectivity index is 2.26. The summed E-state index contributed by atoms with van der Waals surface area (Å²) in [5.74, 6) is 0.419. The van der Waals surface area contributed by atoms with Crippen LogP contribution >= 0.6 is 11.6 Å². The van der Waals surface area contributed by atoms with Crippen LogP contribution in [0.15, 0.2) is 41.4 Å². The van der Waals surface area contributed by atoms with Gasteiger partial charge in [0.05, 0.1) is 24.2 Å². The van der Waals surface area contributed by atoms with E-state index < -0.39 is 10.0 Å². The quantitative estimate of drug-likeness (QED) is 0.823. The fourth-order valence-electron chi connectivity index (χ4n) is 1.62. The Labute approximate surface area is 128 Å². The summed E-state index contributed by atoms with van der Waals surface area (Å²) < 4.78 is 32.1. The summed E-state index contributed by atoms with van der Waals surface area (Å²) >= 11 is 5.80. The molecule has 2 rings (SSSR count). The number of hydrogen-bond donors (Lipinski definition) is 2. The summed E-state index contributed by atoms with van der Waals surface area (Å²) in [6, 6.07) is 7.38. The van der Waals surface area contributed by atoms with Crippen LogP contribution in [0.1, 0.15) is 6.92 Å². The van der Waals surface area contributed by atoms with Crippen LogP contribution in [-0.4, -0.2) is 20.0 Å². The maximum absolute atomic E-state index is 12.3. The van der Waals surface area contributed by atoms with Gasteiger partial charge in [-0.15, -0.1) is 0 Å². The van der Waals surface area contributed by atoms with Gasteiger partial charge in [0.25, 0.3) is 10.0 Å². The van der Waals surface area contributed by atoms with Gasteiger partial charge in [-0.05, 0) is 31.2 Å². The molecule has 0 aliphatic carbocycles. The number of hydrogen-bond acceptors (Lipinski definition) is 5. The number of anilines is 2. The van der Waals surface area contributed by atoms with Crippen molar-refractivity contribution >= 4 is 33.0 Å². The van der Waals surface area contributed by atoms with Gasteiger partial charge in [0.15, 0.2) is 0 Å². The van der Waals surface area contributed by atoms with Crippen molar-refractivity contribution in [3.8, 4) is 5.88 Å². The first-order chi connectivity index (χ1) is 9.92. The van der Waals surface area contributed by atoms with Crippen molar-refractivity contribution in [2.45, 2.75) is 11.8 Å². The van der Waals surface area contributed by atoms with Crippen LogP contribution in [0.25, 0.3) is 0 Å². The molecule has 21 heavy (non-hydrogen) atoms. The fourth-order valence-corrected chi connectivity index (χ4v) is 3.06. The van der Waals surface area contributed by atoms with Crippen LogP contribution < -0.4 is 15.2 Å². The van der Waals surface area contributed by atoms with Gasteiger partial charge in [0, 0.05) is 11.1 Å². The lowest BCUT2D eigenvalue weighted by Crippen LogP contribution is -2.15. The van der Waals surface area contributed by atoms with E-state index in [0.29, 0.717) is 18.2 Å². The van der Waals surface area contributed by atoms with E-state index in [9.17, 15) is 8.42 Å². The van der Waals surface area contributed by atoms with Crippen molar-refractivity contribution < 1.29 is 13.2 Å². The molecule has 0 aliphatic rings. The Bertz CT molecular complexity index is 733. The number of halogens is 1. The van der Waals surface area contributed by atoms with E-state index in [0.717, 1.165) is 0 Å². The number of rotatable bonds is 5. The van der Waals surface area contributed by atoms with E-state index in [1.807, 2.05) is 6.92 Å². The summed E-state index contributed by atoms with van der Waals surface area (Å²) in [6.45, 7) is 2.32. The molecule has 1 heterocycles. The van der Waals surface area contributed by atoms with E-state index in [1.165, 1.54) is 24.4 Å². The first kappa shape index (κ1) is 15.4. The maximum atomic E-state index is 12.3.